The highest BCUT2D eigenvalue weighted by Gasteiger charge is 2.09. The van der Waals surface area contributed by atoms with Crippen molar-refractivity contribution < 1.29 is 9.18 Å². The molecule has 0 spiro atoms. The van der Waals surface area contributed by atoms with Crippen LogP contribution in [-0.2, 0) is 6.54 Å². The fourth-order valence-corrected chi connectivity index (χ4v) is 1.90. The van der Waals surface area contributed by atoms with E-state index in [-0.39, 0.29) is 23.4 Å². The van der Waals surface area contributed by atoms with E-state index in [0.717, 1.165) is 0 Å². The van der Waals surface area contributed by atoms with Crippen LogP contribution in [0.15, 0.2) is 36.4 Å². The summed E-state index contributed by atoms with van der Waals surface area (Å²) in [6.07, 6.45) is 0. The van der Waals surface area contributed by atoms with Crippen LogP contribution in [0.5, 0.6) is 0 Å². The van der Waals surface area contributed by atoms with E-state index in [1.165, 1.54) is 18.2 Å². The van der Waals surface area contributed by atoms with Crippen molar-refractivity contribution in [3.05, 3.63) is 58.5 Å². The predicted molar refractivity (Wildman–Crippen MR) is 76.4 cm³/mol. The summed E-state index contributed by atoms with van der Waals surface area (Å²) < 4.78 is 13.0. The SMILES string of the molecule is CNc1cc(C(=O)NCc2cccc(F)c2)cc(Cl)n1. The summed E-state index contributed by atoms with van der Waals surface area (Å²) in [5.74, 6) is -0.121. The first-order valence-corrected chi connectivity index (χ1v) is 6.34. The van der Waals surface area contributed by atoms with Gasteiger partial charge in [-0.25, -0.2) is 9.37 Å². The van der Waals surface area contributed by atoms with Gasteiger partial charge in [-0.1, -0.05) is 23.7 Å². The smallest absolute Gasteiger partial charge is 0.251 e. The number of carbonyl (C=O) groups is 1. The minimum absolute atomic E-state index is 0.229. The van der Waals surface area contributed by atoms with E-state index >= 15 is 0 Å². The Morgan fingerprint density at radius 2 is 2.15 bits per heavy atom. The van der Waals surface area contributed by atoms with Crippen molar-refractivity contribution in [1.29, 1.82) is 0 Å². The van der Waals surface area contributed by atoms with Crippen molar-refractivity contribution in [3.8, 4) is 0 Å². The monoisotopic (exact) mass is 293 g/mol. The number of pyridine rings is 1. The molecule has 0 aliphatic heterocycles. The van der Waals surface area contributed by atoms with Gasteiger partial charge in [0.15, 0.2) is 0 Å². The first kappa shape index (κ1) is 14.3. The number of hydrogen-bond acceptors (Lipinski definition) is 3. The number of halogens is 2. The number of rotatable bonds is 4. The molecule has 2 N–H and O–H groups in total. The summed E-state index contributed by atoms with van der Waals surface area (Å²) >= 11 is 5.83. The molecule has 1 aromatic heterocycles. The minimum Gasteiger partial charge on any atom is -0.373 e. The largest absolute Gasteiger partial charge is 0.373 e. The molecule has 104 valence electrons. The second kappa shape index (κ2) is 6.34. The summed E-state index contributed by atoms with van der Waals surface area (Å²) in [5, 5.41) is 5.75. The third-order valence-corrected chi connectivity index (χ3v) is 2.85. The quantitative estimate of drug-likeness (QED) is 0.852. The van der Waals surface area contributed by atoms with E-state index in [1.807, 2.05) is 0 Å². The molecule has 1 amide bonds. The molecule has 0 atom stereocenters. The van der Waals surface area contributed by atoms with Crippen molar-refractivity contribution in [2.24, 2.45) is 0 Å². The number of hydrogen-bond donors (Lipinski definition) is 2. The minimum atomic E-state index is -0.332. The third-order valence-electron chi connectivity index (χ3n) is 2.65. The van der Waals surface area contributed by atoms with E-state index in [1.54, 1.807) is 25.2 Å². The van der Waals surface area contributed by atoms with E-state index in [2.05, 4.69) is 15.6 Å². The molecule has 0 fully saturated rings. The Hall–Kier alpha value is -2.14. The van der Waals surface area contributed by atoms with Crippen molar-refractivity contribution >= 4 is 23.3 Å². The van der Waals surface area contributed by atoms with Gasteiger partial charge in [-0.3, -0.25) is 4.79 Å². The fourth-order valence-electron chi connectivity index (χ4n) is 1.69. The average Bonchev–Trinajstić information content (AvgIpc) is 2.44. The van der Waals surface area contributed by atoms with E-state index in [4.69, 9.17) is 11.6 Å². The molecule has 0 unspecified atom stereocenters. The van der Waals surface area contributed by atoms with Gasteiger partial charge in [0, 0.05) is 19.2 Å². The highest BCUT2D eigenvalue weighted by molar-refractivity contribution is 6.29. The van der Waals surface area contributed by atoms with Gasteiger partial charge in [0.1, 0.15) is 16.8 Å². The number of nitrogens with zero attached hydrogens (tertiary/aromatic N) is 1. The molecule has 0 radical (unpaired) electrons. The molecule has 0 saturated carbocycles. The average molecular weight is 294 g/mol. The fraction of sp³-hybridized carbons (Fsp3) is 0.143. The van der Waals surface area contributed by atoms with Gasteiger partial charge in [-0.05, 0) is 29.8 Å². The van der Waals surface area contributed by atoms with Crippen molar-refractivity contribution in [3.63, 3.8) is 0 Å². The zero-order valence-corrected chi connectivity index (χ0v) is 11.5. The second-order valence-corrected chi connectivity index (χ2v) is 4.51. The molecule has 4 nitrogen and oxygen atoms in total. The topological polar surface area (TPSA) is 54.0 Å². The van der Waals surface area contributed by atoms with Gasteiger partial charge in [-0.2, -0.15) is 0 Å². The first-order chi connectivity index (χ1) is 9.58. The number of aromatic nitrogens is 1. The number of carbonyl (C=O) groups excluding carboxylic acids is 1. The van der Waals surface area contributed by atoms with Crippen molar-refractivity contribution in [2.45, 2.75) is 6.54 Å². The zero-order valence-electron chi connectivity index (χ0n) is 10.8. The molecule has 0 bridgehead atoms. The van der Waals surface area contributed by atoms with Crippen LogP contribution >= 0.6 is 11.6 Å². The van der Waals surface area contributed by atoms with Crippen LogP contribution < -0.4 is 10.6 Å². The third kappa shape index (κ3) is 3.68. The predicted octanol–water partition coefficient (Wildman–Crippen LogP) is 2.85. The van der Waals surface area contributed by atoms with Gasteiger partial charge in [0.05, 0.1) is 0 Å². The molecule has 20 heavy (non-hydrogen) atoms. The maximum Gasteiger partial charge on any atom is 0.251 e. The molecule has 1 heterocycles. The lowest BCUT2D eigenvalue weighted by Crippen LogP contribution is -2.23. The standard InChI is InChI=1S/C14H13ClFN3O/c1-17-13-7-10(6-12(15)19-13)14(20)18-8-9-3-2-4-11(16)5-9/h2-7H,8H2,1H3,(H,17,19)(H,18,20). The highest BCUT2D eigenvalue weighted by atomic mass is 35.5. The summed E-state index contributed by atoms with van der Waals surface area (Å²) in [5.41, 5.74) is 1.08. The Balaban J connectivity index is 2.07. The molecular weight excluding hydrogens is 281 g/mol. The molecule has 0 aliphatic carbocycles. The van der Waals surface area contributed by atoms with Gasteiger partial charge in [0.25, 0.3) is 5.91 Å². The zero-order chi connectivity index (χ0) is 14.5. The lowest BCUT2D eigenvalue weighted by atomic mass is 10.2. The van der Waals surface area contributed by atoms with Gasteiger partial charge in [0.2, 0.25) is 0 Å². The van der Waals surface area contributed by atoms with Gasteiger partial charge >= 0.3 is 0 Å². The maximum atomic E-state index is 13.0. The molecule has 0 saturated heterocycles. The van der Waals surface area contributed by atoms with Crippen LogP contribution in [0.1, 0.15) is 15.9 Å². The summed E-state index contributed by atoms with van der Waals surface area (Å²) in [4.78, 5) is 16.0. The van der Waals surface area contributed by atoms with Crippen molar-refractivity contribution in [1.82, 2.24) is 10.3 Å². The van der Waals surface area contributed by atoms with Crippen LogP contribution in [0.2, 0.25) is 5.15 Å². The lowest BCUT2D eigenvalue weighted by molar-refractivity contribution is 0.0951. The number of amides is 1. The van der Waals surface area contributed by atoms with Crippen LogP contribution in [-0.4, -0.2) is 17.9 Å². The number of nitrogens with one attached hydrogen (secondary N) is 2. The summed E-state index contributed by atoms with van der Waals surface area (Å²) in [6, 6.07) is 9.13. The van der Waals surface area contributed by atoms with Crippen molar-refractivity contribution in [2.75, 3.05) is 12.4 Å². The van der Waals surface area contributed by atoms with Crippen LogP contribution in [0.4, 0.5) is 10.2 Å². The Bertz CT molecular complexity index is 634. The Labute approximate surface area is 121 Å². The molecule has 0 aliphatic rings. The van der Waals surface area contributed by atoms with E-state index in [0.29, 0.717) is 16.9 Å². The maximum absolute atomic E-state index is 13.0. The van der Waals surface area contributed by atoms with E-state index in [9.17, 15) is 9.18 Å². The summed E-state index contributed by atoms with van der Waals surface area (Å²) in [7, 11) is 1.69. The Morgan fingerprint density at radius 1 is 1.35 bits per heavy atom. The second-order valence-electron chi connectivity index (χ2n) is 4.13. The molecule has 2 rings (SSSR count). The lowest BCUT2D eigenvalue weighted by Gasteiger charge is -2.07. The Kier molecular flexibility index (Phi) is 4.53. The van der Waals surface area contributed by atoms with Crippen LogP contribution in [0.25, 0.3) is 0 Å². The van der Waals surface area contributed by atoms with Gasteiger partial charge in [-0.15, -0.1) is 0 Å². The molecule has 6 heteroatoms. The van der Waals surface area contributed by atoms with Crippen LogP contribution in [0.3, 0.4) is 0 Å². The van der Waals surface area contributed by atoms with E-state index < -0.39 is 0 Å². The van der Waals surface area contributed by atoms with Crippen LogP contribution in [0, 0.1) is 5.82 Å². The molecule has 1 aromatic carbocycles. The van der Waals surface area contributed by atoms with Gasteiger partial charge < -0.3 is 10.6 Å². The molecular formula is C14H13ClFN3O. The first-order valence-electron chi connectivity index (χ1n) is 5.96. The Morgan fingerprint density at radius 3 is 2.85 bits per heavy atom. The normalized spacial score (nSPS) is 10.2. The summed E-state index contributed by atoms with van der Waals surface area (Å²) in [6.45, 7) is 0.241. The highest BCUT2D eigenvalue weighted by Crippen LogP contribution is 2.14. The number of benzene rings is 1. The number of anilines is 1. The molecule has 2 aromatic rings.